The van der Waals surface area contributed by atoms with E-state index in [9.17, 15) is 9.59 Å². The molecule has 0 spiro atoms. The molecule has 26 heavy (non-hydrogen) atoms. The molecule has 6 heteroatoms. The number of benzene rings is 2. The summed E-state index contributed by atoms with van der Waals surface area (Å²) in [6.45, 7) is 1.71. The Labute approximate surface area is 151 Å². The van der Waals surface area contributed by atoms with Crippen molar-refractivity contribution in [1.29, 1.82) is 5.26 Å². The van der Waals surface area contributed by atoms with E-state index in [1.807, 2.05) is 19.1 Å². The average molecular weight is 351 g/mol. The van der Waals surface area contributed by atoms with E-state index in [-0.39, 0.29) is 17.9 Å². The molecule has 0 radical (unpaired) electrons. The highest BCUT2D eigenvalue weighted by Gasteiger charge is 2.10. The van der Waals surface area contributed by atoms with Crippen molar-refractivity contribution in [3.8, 4) is 17.6 Å². The van der Waals surface area contributed by atoms with E-state index in [1.54, 1.807) is 36.4 Å². The van der Waals surface area contributed by atoms with Crippen molar-refractivity contribution in [2.75, 3.05) is 13.7 Å². The monoisotopic (exact) mass is 351 g/mol. The second-order valence-electron chi connectivity index (χ2n) is 5.31. The molecule has 0 aliphatic carbocycles. The first-order chi connectivity index (χ1) is 12.5. The first-order valence-corrected chi connectivity index (χ1v) is 7.72. The van der Waals surface area contributed by atoms with E-state index in [2.05, 4.69) is 4.74 Å². The van der Waals surface area contributed by atoms with Crippen molar-refractivity contribution in [2.45, 2.75) is 6.92 Å². The van der Waals surface area contributed by atoms with Gasteiger partial charge in [0.2, 0.25) is 0 Å². The van der Waals surface area contributed by atoms with Crippen LogP contribution in [0.3, 0.4) is 0 Å². The largest absolute Gasteiger partial charge is 0.482 e. The number of rotatable bonds is 6. The minimum Gasteiger partial charge on any atom is -0.482 e. The first kappa shape index (κ1) is 18.7. The molecule has 2 aromatic carbocycles. The number of nitriles is 1. The van der Waals surface area contributed by atoms with Gasteiger partial charge in [-0.05, 0) is 42.8 Å². The highest BCUT2D eigenvalue weighted by molar-refractivity contribution is 5.97. The maximum absolute atomic E-state index is 11.9. The highest BCUT2D eigenvalue weighted by atomic mass is 16.6. The Morgan fingerprint density at radius 3 is 2.50 bits per heavy atom. The summed E-state index contributed by atoms with van der Waals surface area (Å²) in [5.74, 6) is -0.457. The minimum absolute atomic E-state index is 0.154. The summed E-state index contributed by atoms with van der Waals surface area (Å²) in [6.07, 6.45) is 1.35. The molecule has 0 heterocycles. The van der Waals surface area contributed by atoms with Crippen LogP contribution in [0.5, 0.6) is 11.5 Å². The lowest BCUT2D eigenvalue weighted by Crippen LogP contribution is -2.17. The Balaban J connectivity index is 2.00. The van der Waals surface area contributed by atoms with Crippen molar-refractivity contribution < 1.29 is 23.8 Å². The molecule has 0 atom stereocenters. The van der Waals surface area contributed by atoms with Crippen LogP contribution in [0.15, 0.2) is 54.1 Å². The molecule has 0 fully saturated rings. The van der Waals surface area contributed by atoms with Gasteiger partial charge in [-0.3, -0.25) is 0 Å². The van der Waals surface area contributed by atoms with Crippen molar-refractivity contribution in [2.24, 2.45) is 0 Å². The second-order valence-corrected chi connectivity index (χ2v) is 5.31. The van der Waals surface area contributed by atoms with Gasteiger partial charge in [0.05, 0.1) is 7.11 Å². The summed E-state index contributed by atoms with van der Waals surface area (Å²) in [7, 11) is 1.19. The predicted octanol–water partition coefficient (Wildman–Crippen LogP) is 3.06. The lowest BCUT2D eigenvalue weighted by molar-refractivity contribution is -0.137. The van der Waals surface area contributed by atoms with E-state index in [0.29, 0.717) is 11.3 Å². The van der Waals surface area contributed by atoms with Gasteiger partial charge in [-0.2, -0.15) is 5.26 Å². The number of carbonyl (C=O) groups excluding carboxylic acids is 2. The Morgan fingerprint density at radius 2 is 1.85 bits per heavy atom. The third-order valence-electron chi connectivity index (χ3n) is 3.30. The summed E-state index contributed by atoms with van der Waals surface area (Å²) < 4.78 is 15.1. The summed E-state index contributed by atoms with van der Waals surface area (Å²) in [6, 6.07) is 15.5. The van der Waals surface area contributed by atoms with Crippen molar-refractivity contribution in [3.63, 3.8) is 0 Å². The predicted molar refractivity (Wildman–Crippen MR) is 94.4 cm³/mol. The molecule has 0 bridgehead atoms. The van der Waals surface area contributed by atoms with Gasteiger partial charge in [0.25, 0.3) is 0 Å². The van der Waals surface area contributed by atoms with Crippen LogP contribution in [-0.4, -0.2) is 25.7 Å². The van der Waals surface area contributed by atoms with E-state index in [1.165, 1.54) is 19.3 Å². The van der Waals surface area contributed by atoms with Gasteiger partial charge in [0.15, 0.2) is 6.61 Å². The maximum atomic E-state index is 11.9. The fraction of sp³-hybridized carbons (Fsp3) is 0.150. The van der Waals surface area contributed by atoms with Crippen LogP contribution in [0.25, 0.3) is 6.08 Å². The quantitative estimate of drug-likeness (QED) is 0.344. The molecule has 0 aromatic heterocycles. The number of carbonyl (C=O) groups is 2. The number of hydrogen-bond acceptors (Lipinski definition) is 6. The van der Waals surface area contributed by atoms with Gasteiger partial charge in [-0.15, -0.1) is 0 Å². The van der Waals surface area contributed by atoms with Gasteiger partial charge >= 0.3 is 11.9 Å². The maximum Gasteiger partial charge on any atom is 0.349 e. The molecule has 6 nitrogen and oxygen atoms in total. The summed E-state index contributed by atoms with van der Waals surface area (Å²) in [4.78, 5) is 23.3. The van der Waals surface area contributed by atoms with Gasteiger partial charge in [0, 0.05) is 0 Å². The number of hydrogen-bond donors (Lipinski definition) is 0. The third-order valence-corrected chi connectivity index (χ3v) is 3.30. The molecule has 0 saturated carbocycles. The zero-order valence-electron chi connectivity index (χ0n) is 14.4. The number of methoxy groups -OCH3 is 1. The molecule has 2 aromatic rings. The molecule has 0 aliphatic rings. The molecule has 0 saturated heterocycles. The van der Waals surface area contributed by atoms with Crippen LogP contribution in [-0.2, 0) is 14.3 Å². The number of ether oxygens (including phenoxy) is 3. The van der Waals surface area contributed by atoms with Crippen LogP contribution < -0.4 is 9.47 Å². The second kappa shape index (κ2) is 9.04. The van der Waals surface area contributed by atoms with Gasteiger partial charge in [-0.25, -0.2) is 9.59 Å². The SMILES string of the molecule is COC(=O)/C(C#N)=C/c1cccc(OC(=O)COc2ccc(C)cc2)c1. The summed E-state index contributed by atoms with van der Waals surface area (Å²) in [5.41, 5.74) is 1.46. The fourth-order valence-electron chi connectivity index (χ4n) is 2.02. The molecule has 0 N–H and O–H groups in total. The fourth-order valence-corrected chi connectivity index (χ4v) is 2.02. The smallest absolute Gasteiger partial charge is 0.349 e. The number of nitrogens with zero attached hydrogens (tertiary/aromatic N) is 1. The van der Waals surface area contributed by atoms with Crippen LogP contribution in [0.1, 0.15) is 11.1 Å². The number of esters is 2. The summed E-state index contributed by atoms with van der Waals surface area (Å²) in [5, 5.41) is 8.98. The lowest BCUT2D eigenvalue weighted by Gasteiger charge is -2.07. The highest BCUT2D eigenvalue weighted by Crippen LogP contribution is 2.17. The molecule has 2 rings (SSSR count). The normalized spacial score (nSPS) is 10.6. The molecule has 0 amide bonds. The average Bonchev–Trinajstić information content (AvgIpc) is 2.65. The van der Waals surface area contributed by atoms with Gasteiger partial charge in [0.1, 0.15) is 23.1 Å². The molecular weight excluding hydrogens is 334 g/mol. The van der Waals surface area contributed by atoms with Crippen molar-refractivity contribution >= 4 is 18.0 Å². The third kappa shape index (κ3) is 5.49. The molecule has 0 unspecified atom stereocenters. The minimum atomic E-state index is -0.735. The Hall–Kier alpha value is -3.59. The van der Waals surface area contributed by atoms with E-state index < -0.39 is 11.9 Å². The van der Waals surface area contributed by atoms with Crippen LogP contribution in [0.4, 0.5) is 0 Å². The van der Waals surface area contributed by atoms with Crippen LogP contribution in [0, 0.1) is 18.3 Å². The zero-order chi connectivity index (χ0) is 18.9. The lowest BCUT2D eigenvalue weighted by atomic mass is 10.1. The van der Waals surface area contributed by atoms with Gasteiger partial charge in [-0.1, -0.05) is 29.8 Å². The van der Waals surface area contributed by atoms with E-state index in [0.717, 1.165) is 5.56 Å². The zero-order valence-corrected chi connectivity index (χ0v) is 14.4. The molecule has 0 aliphatic heterocycles. The Kier molecular flexibility index (Phi) is 6.52. The molecular formula is C20H17NO5. The topological polar surface area (TPSA) is 85.6 Å². The van der Waals surface area contributed by atoms with E-state index >= 15 is 0 Å². The Morgan fingerprint density at radius 1 is 1.12 bits per heavy atom. The first-order valence-electron chi connectivity index (χ1n) is 7.72. The van der Waals surface area contributed by atoms with Crippen molar-refractivity contribution in [1.82, 2.24) is 0 Å². The Bertz CT molecular complexity index is 863. The number of aryl methyl sites for hydroxylation is 1. The summed E-state index contributed by atoms with van der Waals surface area (Å²) >= 11 is 0. The standard InChI is InChI=1S/C20H17NO5/c1-14-6-8-17(9-7-14)25-13-19(22)26-18-5-3-4-15(11-18)10-16(12-21)20(23)24-2/h3-11H,13H2,1-2H3/b16-10+. The van der Waals surface area contributed by atoms with Crippen LogP contribution in [0.2, 0.25) is 0 Å². The van der Waals surface area contributed by atoms with E-state index in [4.69, 9.17) is 14.7 Å². The van der Waals surface area contributed by atoms with Gasteiger partial charge < -0.3 is 14.2 Å². The van der Waals surface area contributed by atoms with Crippen LogP contribution >= 0.6 is 0 Å². The van der Waals surface area contributed by atoms with Crippen molar-refractivity contribution in [3.05, 3.63) is 65.2 Å². The molecule has 132 valence electrons.